The highest BCUT2D eigenvalue weighted by Crippen LogP contribution is 2.40. The third kappa shape index (κ3) is 1.61. The number of rotatable bonds is 4. The Labute approximate surface area is 78.4 Å². The Hall–Kier alpha value is -0.830. The Balaban J connectivity index is 2.70. The van der Waals surface area contributed by atoms with E-state index in [1.54, 1.807) is 0 Å². The van der Waals surface area contributed by atoms with Gasteiger partial charge < -0.3 is 9.84 Å². The third-order valence-corrected chi connectivity index (χ3v) is 3.10. The number of aliphatic carboxylic acids is 1. The fourth-order valence-corrected chi connectivity index (χ4v) is 1.79. The molecule has 3 heteroatoms. The van der Waals surface area contributed by atoms with Gasteiger partial charge in [-0.05, 0) is 6.42 Å². The maximum Gasteiger partial charge on any atom is 0.331 e. The van der Waals surface area contributed by atoms with Crippen LogP contribution in [0.4, 0.5) is 0 Å². The van der Waals surface area contributed by atoms with Gasteiger partial charge in [0.25, 0.3) is 0 Å². The van der Waals surface area contributed by atoms with Gasteiger partial charge in [0.15, 0.2) is 0 Å². The van der Waals surface area contributed by atoms with Crippen molar-refractivity contribution in [3.05, 3.63) is 12.2 Å². The molecule has 1 aliphatic rings. The van der Waals surface area contributed by atoms with E-state index in [0.29, 0.717) is 0 Å². The van der Waals surface area contributed by atoms with Crippen LogP contribution < -0.4 is 0 Å². The Kier molecular flexibility index (Phi) is 2.76. The molecule has 3 nitrogen and oxygen atoms in total. The Morgan fingerprint density at radius 2 is 2.31 bits per heavy atom. The molecule has 1 N–H and O–H groups in total. The molecule has 0 amide bonds. The summed E-state index contributed by atoms with van der Waals surface area (Å²) >= 11 is 0. The lowest BCUT2D eigenvalue weighted by Gasteiger charge is -2.46. The van der Waals surface area contributed by atoms with Crippen LogP contribution in [0.15, 0.2) is 12.2 Å². The van der Waals surface area contributed by atoms with E-state index < -0.39 is 5.97 Å². The molecule has 0 bridgehead atoms. The molecule has 0 aromatic heterocycles. The molecule has 0 spiro atoms. The quantitative estimate of drug-likeness (QED) is 0.678. The molecule has 0 aliphatic carbocycles. The highest BCUT2D eigenvalue weighted by molar-refractivity contribution is 5.86. The van der Waals surface area contributed by atoms with Crippen molar-refractivity contribution in [1.82, 2.24) is 0 Å². The van der Waals surface area contributed by atoms with Gasteiger partial charge >= 0.3 is 5.97 Å². The lowest BCUT2D eigenvalue weighted by Crippen LogP contribution is -2.49. The molecular weight excluding hydrogens is 168 g/mol. The Bertz CT molecular complexity index is 223. The van der Waals surface area contributed by atoms with Crippen molar-refractivity contribution in [2.45, 2.75) is 32.3 Å². The van der Waals surface area contributed by atoms with Crippen LogP contribution in [-0.4, -0.2) is 23.3 Å². The average Bonchev–Trinajstić information content (AvgIpc) is 2.01. The third-order valence-electron chi connectivity index (χ3n) is 3.10. The molecule has 1 saturated heterocycles. The van der Waals surface area contributed by atoms with E-state index in [4.69, 9.17) is 9.84 Å². The number of hydrogen-bond acceptors (Lipinski definition) is 2. The van der Waals surface area contributed by atoms with Crippen LogP contribution in [0.5, 0.6) is 0 Å². The van der Waals surface area contributed by atoms with Gasteiger partial charge in [-0.15, -0.1) is 0 Å². The first-order chi connectivity index (χ1) is 6.03. The van der Waals surface area contributed by atoms with Gasteiger partial charge in [-0.2, -0.15) is 0 Å². The molecule has 74 valence electrons. The van der Waals surface area contributed by atoms with Gasteiger partial charge in [0.05, 0.1) is 12.2 Å². The minimum atomic E-state index is -0.921. The molecule has 2 atom stereocenters. The number of carboxylic acid groups (broad SMARTS) is 1. The summed E-state index contributed by atoms with van der Waals surface area (Å²) in [5.74, 6) is -1.01. The second-order valence-electron chi connectivity index (χ2n) is 3.57. The highest BCUT2D eigenvalue weighted by atomic mass is 16.5. The largest absolute Gasteiger partial charge is 0.478 e. The average molecular weight is 184 g/mol. The number of ether oxygens (including phenoxy) is 1. The smallest absolute Gasteiger partial charge is 0.331 e. The van der Waals surface area contributed by atoms with Crippen molar-refractivity contribution < 1.29 is 14.6 Å². The maximum atomic E-state index is 10.7. The number of carbonyl (C=O) groups is 1. The van der Waals surface area contributed by atoms with Gasteiger partial charge in [-0.25, -0.2) is 4.79 Å². The van der Waals surface area contributed by atoms with Crippen LogP contribution in [0.25, 0.3) is 0 Å². The van der Waals surface area contributed by atoms with E-state index in [0.717, 1.165) is 19.4 Å². The van der Waals surface area contributed by atoms with Crippen LogP contribution in [0.3, 0.4) is 0 Å². The lowest BCUT2D eigenvalue weighted by molar-refractivity contribution is -0.174. The summed E-state index contributed by atoms with van der Waals surface area (Å²) in [6, 6.07) is 0. The van der Waals surface area contributed by atoms with E-state index in [1.807, 2.05) is 13.8 Å². The standard InChI is InChI=1S/C10H16O3/c1-4-10(5-6-13-10)8(3)7(2)9(11)12/h8H,2,4-6H2,1,3H3,(H,11,12). The molecular formula is C10H16O3. The van der Waals surface area contributed by atoms with E-state index in [1.165, 1.54) is 0 Å². The van der Waals surface area contributed by atoms with Gasteiger partial charge in [0.2, 0.25) is 0 Å². The molecule has 0 radical (unpaired) electrons. The van der Waals surface area contributed by atoms with Crippen LogP contribution in [0, 0.1) is 5.92 Å². The molecule has 13 heavy (non-hydrogen) atoms. The first-order valence-corrected chi connectivity index (χ1v) is 4.59. The predicted octanol–water partition coefficient (Wildman–Crippen LogP) is 1.83. The van der Waals surface area contributed by atoms with Crippen molar-refractivity contribution in [3.8, 4) is 0 Å². The molecule has 0 saturated carbocycles. The van der Waals surface area contributed by atoms with Crippen molar-refractivity contribution in [2.24, 2.45) is 5.92 Å². The van der Waals surface area contributed by atoms with Crippen LogP contribution >= 0.6 is 0 Å². The van der Waals surface area contributed by atoms with E-state index >= 15 is 0 Å². The zero-order valence-electron chi connectivity index (χ0n) is 8.17. The minimum absolute atomic E-state index is 0.0938. The maximum absolute atomic E-state index is 10.7. The van der Waals surface area contributed by atoms with Gasteiger partial charge in [0, 0.05) is 17.9 Å². The van der Waals surface area contributed by atoms with E-state index in [9.17, 15) is 4.79 Å². The van der Waals surface area contributed by atoms with E-state index in [-0.39, 0.29) is 17.1 Å². The Morgan fingerprint density at radius 3 is 2.54 bits per heavy atom. The van der Waals surface area contributed by atoms with E-state index in [2.05, 4.69) is 6.58 Å². The molecule has 1 heterocycles. The van der Waals surface area contributed by atoms with Crippen molar-refractivity contribution in [3.63, 3.8) is 0 Å². The van der Waals surface area contributed by atoms with Crippen molar-refractivity contribution in [2.75, 3.05) is 6.61 Å². The first kappa shape index (κ1) is 10.3. The van der Waals surface area contributed by atoms with Gasteiger partial charge in [-0.1, -0.05) is 20.4 Å². The van der Waals surface area contributed by atoms with Crippen LogP contribution in [0.1, 0.15) is 26.7 Å². The molecule has 1 rings (SSSR count). The predicted molar refractivity (Wildman–Crippen MR) is 49.5 cm³/mol. The molecule has 2 unspecified atom stereocenters. The zero-order valence-corrected chi connectivity index (χ0v) is 8.17. The topological polar surface area (TPSA) is 46.5 Å². The lowest BCUT2D eigenvalue weighted by atomic mass is 9.76. The monoisotopic (exact) mass is 184 g/mol. The fraction of sp³-hybridized carbons (Fsp3) is 0.700. The SMILES string of the molecule is C=C(C(=O)O)C(C)C1(CC)CCO1. The molecule has 0 aromatic rings. The summed E-state index contributed by atoms with van der Waals surface area (Å²) in [6.45, 7) is 8.20. The summed E-state index contributed by atoms with van der Waals surface area (Å²) in [4.78, 5) is 10.7. The number of hydrogen-bond donors (Lipinski definition) is 1. The normalized spacial score (nSPS) is 29.1. The summed E-state index contributed by atoms with van der Waals surface area (Å²) < 4.78 is 5.48. The molecule has 1 fully saturated rings. The van der Waals surface area contributed by atoms with Crippen LogP contribution in [0.2, 0.25) is 0 Å². The molecule has 1 aliphatic heterocycles. The second kappa shape index (κ2) is 3.50. The Morgan fingerprint density at radius 1 is 1.77 bits per heavy atom. The fourth-order valence-electron chi connectivity index (χ4n) is 1.79. The summed E-state index contributed by atoms with van der Waals surface area (Å²) in [5, 5.41) is 8.78. The van der Waals surface area contributed by atoms with Crippen molar-refractivity contribution >= 4 is 5.97 Å². The highest BCUT2D eigenvalue weighted by Gasteiger charge is 2.44. The first-order valence-electron chi connectivity index (χ1n) is 4.59. The van der Waals surface area contributed by atoms with Crippen molar-refractivity contribution in [1.29, 1.82) is 0 Å². The van der Waals surface area contributed by atoms with Gasteiger partial charge in [-0.3, -0.25) is 0 Å². The zero-order chi connectivity index (χ0) is 10.1. The van der Waals surface area contributed by atoms with Gasteiger partial charge in [0.1, 0.15) is 0 Å². The number of carboxylic acids is 1. The summed E-state index contributed by atoms with van der Waals surface area (Å²) in [7, 11) is 0. The summed E-state index contributed by atoms with van der Waals surface area (Å²) in [5.41, 5.74) is -0.00306. The van der Waals surface area contributed by atoms with Crippen LogP contribution in [-0.2, 0) is 9.53 Å². The second-order valence-corrected chi connectivity index (χ2v) is 3.57. The molecule has 0 aromatic carbocycles. The minimum Gasteiger partial charge on any atom is -0.478 e. The summed E-state index contributed by atoms with van der Waals surface area (Å²) in [6.07, 6.45) is 1.79.